The maximum absolute atomic E-state index is 11.6. The first-order chi connectivity index (χ1) is 10.2. The zero-order chi connectivity index (χ0) is 15.1. The van der Waals surface area contributed by atoms with Crippen LogP contribution in [0.5, 0.6) is 5.75 Å². The number of aryl methyl sites for hydroxylation is 1. The zero-order valence-corrected chi connectivity index (χ0v) is 12.5. The van der Waals surface area contributed by atoms with E-state index < -0.39 is 0 Å². The van der Waals surface area contributed by atoms with E-state index in [9.17, 15) is 4.79 Å². The molecule has 0 spiro atoms. The Morgan fingerprint density at radius 3 is 2.67 bits per heavy atom. The molecule has 0 atom stereocenters. The smallest absolute Gasteiger partial charge is 0.252 e. The summed E-state index contributed by atoms with van der Waals surface area (Å²) in [7, 11) is 0. The highest BCUT2D eigenvalue weighted by Gasteiger charge is 2.02. The van der Waals surface area contributed by atoms with Gasteiger partial charge in [0.05, 0.1) is 6.61 Å². The number of hydrogen-bond donors (Lipinski definition) is 2. The molecule has 0 aliphatic heterocycles. The highest BCUT2D eigenvalue weighted by atomic mass is 16.5. The molecule has 0 aliphatic carbocycles. The average molecular weight is 287 g/mol. The Morgan fingerprint density at radius 2 is 2.00 bits per heavy atom. The van der Waals surface area contributed by atoms with E-state index in [0.717, 1.165) is 36.4 Å². The molecule has 21 heavy (non-hydrogen) atoms. The van der Waals surface area contributed by atoms with Gasteiger partial charge in [0.25, 0.3) is 5.56 Å². The van der Waals surface area contributed by atoms with Crippen LogP contribution in [0.4, 0.5) is 11.6 Å². The zero-order valence-electron chi connectivity index (χ0n) is 12.5. The van der Waals surface area contributed by atoms with Gasteiger partial charge in [0.1, 0.15) is 5.75 Å². The minimum atomic E-state index is -0.135. The summed E-state index contributed by atoms with van der Waals surface area (Å²) >= 11 is 0. The highest BCUT2D eigenvalue weighted by molar-refractivity contribution is 5.54. The molecule has 112 valence electrons. The van der Waals surface area contributed by atoms with Crippen LogP contribution in [0.1, 0.15) is 32.4 Å². The van der Waals surface area contributed by atoms with E-state index in [1.165, 1.54) is 0 Å². The molecule has 0 saturated carbocycles. The minimum absolute atomic E-state index is 0.135. The summed E-state index contributed by atoms with van der Waals surface area (Å²) in [4.78, 5) is 18.8. The van der Waals surface area contributed by atoms with Gasteiger partial charge in [-0.05, 0) is 44.0 Å². The molecule has 1 heterocycles. The Balaban J connectivity index is 2.11. The Labute approximate surface area is 124 Å². The first-order valence-electron chi connectivity index (χ1n) is 7.31. The Morgan fingerprint density at radius 1 is 1.24 bits per heavy atom. The number of H-pyrrole nitrogens is 1. The summed E-state index contributed by atoms with van der Waals surface area (Å²) < 4.78 is 5.39. The number of hydrogen-bond acceptors (Lipinski definition) is 4. The SMILES string of the molecule is CCCCc1cc(=O)[nH]c(Nc2ccc(OCC)cc2)n1. The van der Waals surface area contributed by atoms with Gasteiger partial charge in [-0.15, -0.1) is 0 Å². The van der Waals surface area contributed by atoms with Crippen molar-refractivity contribution in [1.29, 1.82) is 0 Å². The van der Waals surface area contributed by atoms with E-state index in [-0.39, 0.29) is 5.56 Å². The summed E-state index contributed by atoms with van der Waals surface area (Å²) in [5.74, 6) is 1.29. The monoisotopic (exact) mass is 287 g/mol. The van der Waals surface area contributed by atoms with Crippen LogP contribution in [0.25, 0.3) is 0 Å². The maximum atomic E-state index is 11.6. The second kappa shape index (κ2) is 7.47. The van der Waals surface area contributed by atoms with Crippen molar-refractivity contribution < 1.29 is 4.74 Å². The van der Waals surface area contributed by atoms with Gasteiger partial charge in [0.15, 0.2) is 0 Å². The summed E-state index contributed by atoms with van der Waals surface area (Å²) in [6.45, 7) is 4.70. The van der Waals surface area contributed by atoms with Crippen molar-refractivity contribution in [3.8, 4) is 5.75 Å². The molecule has 5 heteroatoms. The molecule has 0 unspecified atom stereocenters. The number of ether oxygens (including phenoxy) is 1. The van der Waals surface area contributed by atoms with Crippen molar-refractivity contribution in [3.63, 3.8) is 0 Å². The molecule has 0 bridgehead atoms. The van der Waals surface area contributed by atoms with Gasteiger partial charge in [0.2, 0.25) is 5.95 Å². The summed E-state index contributed by atoms with van der Waals surface area (Å²) in [6.07, 6.45) is 2.92. The molecule has 0 aliphatic rings. The van der Waals surface area contributed by atoms with Crippen molar-refractivity contribution >= 4 is 11.6 Å². The van der Waals surface area contributed by atoms with E-state index >= 15 is 0 Å². The lowest BCUT2D eigenvalue weighted by Gasteiger charge is -2.08. The first-order valence-corrected chi connectivity index (χ1v) is 7.31. The molecule has 0 saturated heterocycles. The van der Waals surface area contributed by atoms with Gasteiger partial charge in [0, 0.05) is 17.4 Å². The third kappa shape index (κ3) is 4.63. The number of aromatic nitrogens is 2. The number of anilines is 2. The lowest BCUT2D eigenvalue weighted by atomic mass is 10.2. The molecular weight excluding hydrogens is 266 g/mol. The molecule has 0 radical (unpaired) electrons. The van der Waals surface area contributed by atoms with Crippen molar-refractivity contribution in [1.82, 2.24) is 9.97 Å². The van der Waals surface area contributed by atoms with Gasteiger partial charge < -0.3 is 10.1 Å². The van der Waals surface area contributed by atoms with Gasteiger partial charge in [-0.1, -0.05) is 13.3 Å². The van der Waals surface area contributed by atoms with Crippen molar-refractivity contribution in [3.05, 3.63) is 46.4 Å². The summed E-state index contributed by atoms with van der Waals surface area (Å²) in [5.41, 5.74) is 1.54. The van der Waals surface area contributed by atoms with Crippen LogP contribution >= 0.6 is 0 Å². The Hall–Kier alpha value is -2.30. The Bertz CT molecular complexity index is 620. The van der Waals surface area contributed by atoms with Crippen molar-refractivity contribution in [2.75, 3.05) is 11.9 Å². The van der Waals surface area contributed by atoms with Crippen LogP contribution in [-0.4, -0.2) is 16.6 Å². The lowest BCUT2D eigenvalue weighted by molar-refractivity contribution is 0.340. The van der Waals surface area contributed by atoms with Crippen LogP contribution in [0.3, 0.4) is 0 Å². The largest absolute Gasteiger partial charge is 0.494 e. The normalized spacial score (nSPS) is 10.4. The van der Waals surface area contributed by atoms with Gasteiger partial charge in [-0.25, -0.2) is 4.98 Å². The lowest BCUT2D eigenvalue weighted by Crippen LogP contribution is -2.12. The molecule has 5 nitrogen and oxygen atoms in total. The maximum Gasteiger partial charge on any atom is 0.252 e. The van der Waals surface area contributed by atoms with E-state index in [0.29, 0.717) is 12.6 Å². The van der Waals surface area contributed by atoms with Gasteiger partial charge in [-0.2, -0.15) is 0 Å². The molecule has 1 aromatic heterocycles. The average Bonchev–Trinajstić information content (AvgIpc) is 2.47. The number of rotatable bonds is 7. The number of nitrogens with zero attached hydrogens (tertiary/aromatic N) is 1. The highest BCUT2D eigenvalue weighted by Crippen LogP contribution is 2.18. The molecule has 1 aromatic carbocycles. The van der Waals surface area contributed by atoms with Crippen LogP contribution in [-0.2, 0) is 6.42 Å². The van der Waals surface area contributed by atoms with Gasteiger partial charge >= 0.3 is 0 Å². The predicted octanol–water partition coefficient (Wildman–Crippen LogP) is 3.25. The van der Waals surface area contributed by atoms with Crippen molar-refractivity contribution in [2.24, 2.45) is 0 Å². The topological polar surface area (TPSA) is 67.0 Å². The summed E-state index contributed by atoms with van der Waals surface area (Å²) in [6, 6.07) is 9.10. The number of benzene rings is 1. The molecule has 2 rings (SSSR count). The fraction of sp³-hybridized carbons (Fsp3) is 0.375. The standard InChI is InChI=1S/C16H21N3O2/c1-3-5-6-13-11-15(20)19-16(18-13)17-12-7-9-14(10-8-12)21-4-2/h7-11H,3-6H2,1-2H3,(H2,17,18,19,20). The molecular formula is C16H21N3O2. The molecule has 2 aromatic rings. The summed E-state index contributed by atoms with van der Waals surface area (Å²) in [5, 5.41) is 3.11. The second-order valence-electron chi connectivity index (χ2n) is 4.77. The van der Waals surface area contributed by atoms with Crippen LogP contribution in [0.15, 0.2) is 35.1 Å². The fourth-order valence-corrected chi connectivity index (χ4v) is 1.99. The van der Waals surface area contributed by atoms with E-state index in [1.807, 2.05) is 31.2 Å². The molecule has 2 N–H and O–H groups in total. The molecule has 0 fully saturated rings. The first kappa shape index (κ1) is 15.1. The number of unbranched alkanes of at least 4 members (excludes halogenated alkanes) is 1. The predicted molar refractivity (Wildman–Crippen MR) is 84.4 cm³/mol. The fourth-order valence-electron chi connectivity index (χ4n) is 1.99. The van der Waals surface area contributed by atoms with Crippen LogP contribution in [0.2, 0.25) is 0 Å². The van der Waals surface area contributed by atoms with E-state index in [2.05, 4.69) is 22.2 Å². The number of nitrogens with one attached hydrogen (secondary N) is 2. The van der Waals surface area contributed by atoms with Crippen LogP contribution < -0.4 is 15.6 Å². The Kier molecular flexibility index (Phi) is 5.37. The van der Waals surface area contributed by atoms with E-state index in [4.69, 9.17) is 4.74 Å². The third-order valence-electron chi connectivity index (χ3n) is 3.01. The quantitative estimate of drug-likeness (QED) is 0.820. The number of aromatic amines is 1. The van der Waals surface area contributed by atoms with Crippen molar-refractivity contribution in [2.45, 2.75) is 33.1 Å². The third-order valence-corrected chi connectivity index (χ3v) is 3.01. The molecule has 0 amide bonds. The van der Waals surface area contributed by atoms with E-state index in [1.54, 1.807) is 6.07 Å². The van der Waals surface area contributed by atoms with Gasteiger partial charge in [-0.3, -0.25) is 9.78 Å². The minimum Gasteiger partial charge on any atom is -0.494 e. The van der Waals surface area contributed by atoms with Crippen LogP contribution in [0, 0.1) is 0 Å². The second-order valence-corrected chi connectivity index (χ2v) is 4.77.